The third-order valence-corrected chi connectivity index (χ3v) is 4.26. The minimum absolute atomic E-state index is 0.631. The van der Waals surface area contributed by atoms with Crippen molar-refractivity contribution >= 4 is 0 Å². The molecule has 0 amide bonds. The number of fused-ring (bicyclic) bond motifs is 1. The summed E-state index contributed by atoms with van der Waals surface area (Å²) in [7, 11) is 0. The molecule has 2 atom stereocenters. The maximum atomic E-state index is 2.45. The molecule has 2 unspecified atom stereocenters. The average Bonchev–Trinajstić information content (AvgIpc) is 2.94. The fourth-order valence-corrected chi connectivity index (χ4v) is 3.16. The molecule has 3 aliphatic rings. The third-order valence-electron chi connectivity index (χ3n) is 4.26. The van der Waals surface area contributed by atoms with Gasteiger partial charge in [-0.2, -0.15) is 0 Å². The van der Waals surface area contributed by atoms with Crippen LogP contribution in [0.1, 0.15) is 39.0 Å². The van der Waals surface area contributed by atoms with Gasteiger partial charge in [-0.25, -0.2) is 0 Å². The van der Waals surface area contributed by atoms with Crippen molar-refractivity contribution in [3.8, 4) is 0 Å². The summed E-state index contributed by atoms with van der Waals surface area (Å²) in [6, 6.07) is 0. The molecule has 0 bridgehead atoms. The van der Waals surface area contributed by atoms with Gasteiger partial charge in [0.25, 0.3) is 0 Å². The number of hydrogen-bond acceptors (Lipinski definition) is 0. The first kappa shape index (κ1) is 8.52. The van der Waals surface area contributed by atoms with E-state index in [1.54, 1.807) is 11.1 Å². The Hall–Kier alpha value is -0.780. The van der Waals surface area contributed by atoms with Crippen LogP contribution in [0, 0.1) is 11.3 Å². The second kappa shape index (κ2) is 2.85. The van der Waals surface area contributed by atoms with Crippen LogP contribution in [0.3, 0.4) is 0 Å². The molecule has 1 fully saturated rings. The monoisotopic (exact) mass is 186 g/mol. The van der Waals surface area contributed by atoms with Crippen LogP contribution in [0.15, 0.2) is 35.5 Å². The molecule has 0 heteroatoms. The number of allylic oxidation sites excluding steroid dienone is 6. The second-order valence-corrected chi connectivity index (χ2v) is 5.14. The average molecular weight is 186 g/mol. The van der Waals surface area contributed by atoms with Gasteiger partial charge in [0, 0.05) is 0 Å². The van der Waals surface area contributed by atoms with Crippen molar-refractivity contribution in [2.24, 2.45) is 11.3 Å². The van der Waals surface area contributed by atoms with Gasteiger partial charge in [0.2, 0.25) is 0 Å². The van der Waals surface area contributed by atoms with E-state index in [-0.39, 0.29) is 0 Å². The molecule has 0 radical (unpaired) electrons. The van der Waals surface area contributed by atoms with Gasteiger partial charge >= 0.3 is 0 Å². The Bertz CT molecular complexity index is 343. The van der Waals surface area contributed by atoms with Gasteiger partial charge in [0.1, 0.15) is 0 Å². The summed E-state index contributed by atoms with van der Waals surface area (Å²) in [5, 5.41) is 0. The lowest BCUT2D eigenvalue weighted by atomic mass is 9.80. The smallest absolute Gasteiger partial charge is 0.00130 e. The molecule has 1 saturated carbocycles. The van der Waals surface area contributed by atoms with Crippen LogP contribution in [-0.4, -0.2) is 0 Å². The first-order chi connectivity index (χ1) is 6.81. The third kappa shape index (κ3) is 1.13. The van der Waals surface area contributed by atoms with Gasteiger partial charge in [-0.05, 0) is 50.4 Å². The molecule has 74 valence electrons. The van der Waals surface area contributed by atoms with Crippen molar-refractivity contribution in [2.45, 2.75) is 39.0 Å². The van der Waals surface area contributed by atoms with E-state index in [2.05, 4.69) is 31.2 Å². The minimum atomic E-state index is 0.631. The van der Waals surface area contributed by atoms with E-state index in [1.807, 2.05) is 0 Å². The van der Waals surface area contributed by atoms with Crippen molar-refractivity contribution < 1.29 is 0 Å². The maximum absolute atomic E-state index is 2.45. The molecule has 0 spiro atoms. The quantitative estimate of drug-likeness (QED) is 0.543. The first-order valence-corrected chi connectivity index (χ1v) is 5.85. The lowest BCUT2D eigenvalue weighted by Crippen LogP contribution is -2.11. The summed E-state index contributed by atoms with van der Waals surface area (Å²) in [5.41, 5.74) is 3.93. The number of hydrogen-bond donors (Lipinski definition) is 0. The van der Waals surface area contributed by atoms with Crippen molar-refractivity contribution in [3.05, 3.63) is 35.5 Å². The Morgan fingerprint density at radius 1 is 1.29 bits per heavy atom. The van der Waals surface area contributed by atoms with Gasteiger partial charge in [0.15, 0.2) is 0 Å². The lowest BCUT2D eigenvalue weighted by Gasteiger charge is -2.24. The molecule has 3 aliphatic carbocycles. The van der Waals surface area contributed by atoms with Crippen LogP contribution in [0.4, 0.5) is 0 Å². The highest BCUT2D eigenvalue weighted by molar-refractivity contribution is 5.36. The summed E-state index contributed by atoms with van der Waals surface area (Å²) in [6.45, 7) is 2.25. The molecule has 0 aliphatic heterocycles. The van der Waals surface area contributed by atoms with E-state index in [4.69, 9.17) is 0 Å². The van der Waals surface area contributed by atoms with Crippen LogP contribution in [0.25, 0.3) is 0 Å². The van der Waals surface area contributed by atoms with E-state index in [1.165, 1.54) is 32.1 Å². The SMILES string of the molecule is CC1=CC=C(C23CCC=CC2C3)CC1. The molecule has 0 aromatic heterocycles. The Morgan fingerprint density at radius 3 is 2.93 bits per heavy atom. The summed E-state index contributed by atoms with van der Waals surface area (Å²) < 4.78 is 0. The normalized spacial score (nSPS) is 39.9. The van der Waals surface area contributed by atoms with Gasteiger partial charge in [0.05, 0.1) is 0 Å². The Labute approximate surface area is 86.4 Å². The molecule has 0 aromatic carbocycles. The molecule has 0 N–H and O–H groups in total. The molecule has 0 heterocycles. The zero-order valence-electron chi connectivity index (χ0n) is 8.92. The van der Waals surface area contributed by atoms with Crippen LogP contribution in [0.5, 0.6) is 0 Å². The molecule has 0 nitrogen and oxygen atoms in total. The zero-order valence-corrected chi connectivity index (χ0v) is 8.92. The van der Waals surface area contributed by atoms with Crippen LogP contribution in [0.2, 0.25) is 0 Å². The van der Waals surface area contributed by atoms with Gasteiger partial charge < -0.3 is 0 Å². The predicted molar refractivity (Wildman–Crippen MR) is 60.0 cm³/mol. The first-order valence-electron chi connectivity index (χ1n) is 5.85. The van der Waals surface area contributed by atoms with Crippen LogP contribution < -0.4 is 0 Å². The van der Waals surface area contributed by atoms with Gasteiger partial charge in [-0.1, -0.05) is 35.5 Å². The van der Waals surface area contributed by atoms with Gasteiger partial charge in [-0.15, -0.1) is 0 Å². The molecule has 14 heavy (non-hydrogen) atoms. The largest absolute Gasteiger partial charge is 0.0882 e. The fourth-order valence-electron chi connectivity index (χ4n) is 3.16. The zero-order chi connectivity index (χ0) is 9.60. The molecular weight excluding hydrogens is 168 g/mol. The second-order valence-electron chi connectivity index (χ2n) is 5.14. The molecule has 0 aromatic rings. The van der Waals surface area contributed by atoms with E-state index in [0.717, 1.165) is 5.92 Å². The van der Waals surface area contributed by atoms with Crippen molar-refractivity contribution in [2.75, 3.05) is 0 Å². The summed E-state index contributed by atoms with van der Waals surface area (Å²) in [5.74, 6) is 0.898. The summed E-state index contributed by atoms with van der Waals surface area (Å²) >= 11 is 0. The summed E-state index contributed by atoms with van der Waals surface area (Å²) in [6.07, 6.45) is 16.3. The van der Waals surface area contributed by atoms with E-state index >= 15 is 0 Å². The van der Waals surface area contributed by atoms with Crippen molar-refractivity contribution in [1.82, 2.24) is 0 Å². The maximum Gasteiger partial charge on any atom is -0.00130 e. The highest BCUT2D eigenvalue weighted by atomic mass is 14.6. The Balaban J connectivity index is 1.87. The van der Waals surface area contributed by atoms with Crippen LogP contribution >= 0.6 is 0 Å². The van der Waals surface area contributed by atoms with Crippen molar-refractivity contribution in [3.63, 3.8) is 0 Å². The van der Waals surface area contributed by atoms with Crippen molar-refractivity contribution in [1.29, 1.82) is 0 Å². The molecular formula is C14H18. The van der Waals surface area contributed by atoms with E-state index in [9.17, 15) is 0 Å². The number of rotatable bonds is 1. The Morgan fingerprint density at radius 2 is 2.21 bits per heavy atom. The minimum Gasteiger partial charge on any atom is -0.0882 e. The highest BCUT2D eigenvalue weighted by Crippen LogP contribution is 2.64. The lowest BCUT2D eigenvalue weighted by molar-refractivity contribution is 0.489. The Kier molecular flexibility index (Phi) is 1.74. The topological polar surface area (TPSA) is 0 Å². The van der Waals surface area contributed by atoms with E-state index < -0.39 is 0 Å². The van der Waals surface area contributed by atoms with E-state index in [0.29, 0.717) is 5.41 Å². The standard InChI is InChI=1S/C14H18/c1-11-5-7-12(8-6-11)14-9-3-2-4-13(14)10-14/h2,4-5,7,13H,3,6,8-10H2,1H3. The fraction of sp³-hybridized carbons (Fsp3) is 0.571. The van der Waals surface area contributed by atoms with Gasteiger partial charge in [-0.3, -0.25) is 0 Å². The predicted octanol–water partition coefficient (Wildman–Crippen LogP) is 4.01. The van der Waals surface area contributed by atoms with Crippen LogP contribution in [-0.2, 0) is 0 Å². The highest BCUT2D eigenvalue weighted by Gasteiger charge is 2.54. The molecule has 0 saturated heterocycles. The molecule has 3 rings (SSSR count). The summed E-state index contributed by atoms with van der Waals surface area (Å²) in [4.78, 5) is 0.